The molecule has 1 aromatic carbocycles. The van der Waals surface area contributed by atoms with Crippen LogP contribution in [0.1, 0.15) is 24.5 Å². The molecular formula is C15H19N3O2S2. The van der Waals surface area contributed by atoms with Gasteiger partial charge >= 0.3 is 0 Å². The fourth-order valence-electron chi connectivity index (χ4n) is 1.86. The van der Waals surface area contributed by atoms with Gasteiger partial charge in [0.2, 0.25) is 5.13 Å². The summed E-state index contributed by atoms with van der Waals surface area (Å²) in [6, 6.07) is 5.83. The minimum absolute atomic E-state index is 0.202. The van der Waals surface area contributed by atoms with E-state index in [0.717, 1.165) is 21.2 Å². The monoisotopic (exact) mass is 337 g/mol. The molecule has 5 nitrogen and oxygen atoms in total. The van der Waals surface area contributed by atoms with Crippen molar-refractivity contribution in [2.45, 2.75) is 37.6 Å². The first-order valence-corrected chi connectivity index (χ1v) is 9.00. The Hall–Kier alpha value is -1.60. The van der Waals surface area contributed by atoms with Gasteiger partial charge in [-0.15, -0.1) is 10.2 Å². The molecule has 0 aliphatic rings. The van der Waals surface area contributed by atoms with Crippen LogP contribution in [-0.4, -0.2) is 28.5 Å². The van der Waals surface area contributed by atoms with Crippen molar-refractivity contribution in [1.82, 2.24) is 10.2 Å². The number of rotatable bonds is 6. The van der Waals surface area contributed by atoms with Crippen molar-refractivity contribution < 1.29 is 9.53 Å². The molecule has 0 aliphatic carbocycles. The Labute approximate surface area is 138 Å². The number of aromatic nitrogens is 2. The minimum atomic E-state index is -0.554. The van der Waals surface area contributed by atoms with Crippen LogP contribution in [-0.2, 0) is 4.79 Å². The Kier molecular flexibility index (Phi) is 5.79. The molecule has 1 aromatic heterocycles. The highest BCUT2D eigenvalue weighted by Gasteiger charge is 2.21. The summed E-state index contributed by atoms with van der Waals surface area (Å²) < 4.78 is 6.70. The van der Waals surface area contributed by atoms with Gasteiger partial charge in [0.05, 0.1) is 0 Å². The third-order valence-electron chi connectivity index (χ3n) is 3.30. The third kappa shape index (κ3) is 3.98. The van der Waals surface area contributed by atoms with Crippen molar-refractivity contribution in [3.63, 3.8) is 0 Å². The molecule has 0 fully saturated rings. The summed E-state index contributed by atoms with van der Waals surface area (Å²) in [6.45, 7) is 5.93. The molecule has 0 aliphatic heterocycles. The van der Waals surface area contributed by atoms with E-state index in [-0.39, 0.29) is 5.91 Å². The predicted octanol–water partition coefficient (Wildman–Crippen LogP) is 3.67. The van der Waals surface area contributed by atoms with Crippen LogP contribution in [0.2, 0.25) is 0 Å². The van der Waals surface area contributed by atoms with Crippen molar-refractivity contribution in [1.29, 1.82) is 0 Å². The zero-order valence-corrected chi connectivity index (χ0v) is 14.7. The van der Waals surface area contributed by atoms with E-state index < -0.39 is 6.10 Å². The topological polar surface area (TPSA) is 64.1 Å². The summed E-state index contributed by atoms with van der Waals surface area (Å²) in [5.41, 5.74) is 2.19. The van der Waals surface area contributed by atoms with Gasteiger partial charge < -0.3 is 4.74 Å². The maximum atomic E-state index is 12.3. The summed E-state index contributed by atoms with van der Waals surface area (Å²) in [6.07, 6.45) is 1.94. The SMILES string of the molecule is CCC(Oc1cccc(C)c1C)C(=O)Nc1nnc(SC)s1. The number of hydrogen-bond acceptors (Lipinski definition) is 6. The van der Waals surface area contributed by atoms with Crippen LogP contribution in [0.3, 0.4) is 0 Å². The standard InChI is InChI=1S/C15H19N3O2S2/c1-5-11(20-12-8-6-7-9(2)10(12)3)13(19)16-14-17-18-15(21-4)22-14/h6-8,11H,5H2,1-4H3,(H,16,17,19). The number of thioether (sulfide) groups is 1. The summed E-state index contributed by atoms with van der Waals surface area (Å²) in [5, 5.41) is 11.2. The predicted molar refractivity (Wildman–Crippen MR) is 90.9 cm³/mol. The Balaban J connectivity index is 2.07. The number of hydrogen-bond donors (Lipinski definition) is 1. The smallest absolute Gasteiger partial charge is 0.267 e. The van der Waals surface area contributed by atoms with Crippen molar-refractivity contribution >= 4 is 34.1 Å². The quantitative estimate of drug-likeness (QED) is 0.643. The number of amides is 1. The number of nitrogens with one attached hydrogen (secondary N) is 1. The molecule has 0 saturated heterocycles. The number of carbonyl (C=O) groups is 1. The van der Waals surface area contributed by atoms with Crippen LogP contribution in [0.15, 0.2) is 22.5 Å². The maximum absolute atomic E-state index is 12.3. The van der Waals surface area contributed by atoms with Crippen LogP contribution in [0.4, 0.5) is 5.13 Å². The average molecular weight is 337 g/mol. The average Bonchev–Trinajstić information content (AvgIpc) is 2.96. The molecule has 1 N–H and O–H groups in total. The molecule has 2 rings (SSSR count). The molecule has 2 aromatic rings. The second kappa shape index (κ2) is 7.60. The van der Waals surface area contributed by atoms with Crippen LogP contribution >= 0.6 is 23.1 Å². The summed E-state index contributed by atoms with van der Waals surface area (Å²) in [5.74, 6) is 0.538. The highest BCUT2D eigenvalue weighted by molar-refractivity contribution is 8.00. The van der Waals surface area contributed by atoms with Gasteiger partial charge in [-0.2, -0.15) is 0 Å². The Morgan fingerprint density at radius 1 is 1.41 bits per heavy atom. The van der Waals surface area contributed by atoms with E-state index in [2.05, 4.69) is 15.5 Å². The van der Waals surface area contributed by atoms with E-state index in [0.29, 0.717) is 11.6 Å². The number of ether oxygens (including phenoxy) is 1. The van der Waals surface area contributed by atoms with Gasteiger partial charge in [-0.25, -0.2) is 0 Å². The van der Waals surface area contributed by atoms with Crippen LogP contribution in [0, 0.1) is 13.8 Å². The number of benzene rings is 1. The molecule has 22 heavy (non-hydrogen) atoms. The molecule has 1 atom stereocenters. The van der Waals surface area contributed by atoms with Gasteiger partial charge in [-0.05, 0) is 43.7 Å². The van der Waals surface area contributed by atoms with Gasteiger partial charge in [0.25, 0.3) is 5.91 Å². The summed E-state index contributed by atoms with van der Waals surface area (Å²) >= 11 is 2.85. The Morgan fingerprint density at radius 2 is 2.18 bits per heavy atom. The molecule has 118 valence electrons. The summed E-state index contributed by atoms with van der Waals surface area (Å²) in [4.78, 5) is 12.3. The first-order valence-electron chi connectivity index (χ1n) is 6.96. The van der Waals surface area contributed by atoms with E-state index in [1.165, 1.54) is 23.1 Å². The van der Waals surface area contributed by atoms with E-state index in [1.54, 1.807) is 0 Å². The lowest BCUT2D eigenvalue weighted by molar-refractivity contribution is -0.122. The van der Waals surface area contributed by atoms with E-state index in [1.807, 2.05) is 45.2 Å². The number of nitrogens with zero attached hydrogens (tertiary/aromatic N) is 2. The highest BCUT2D eigenvalue weighted by atomic mass is 32.2. The fraction of sp³-hybridized carbons (Fsp3) is 0.400. The molecule has 1 amide bonds. The lowest BCUT2D eigenvalue weighted by Gasteiger charge is -2.18. The molecule has 0 saturated carbocycles. The van der Waals surface area contributed by atoms with Crippen molar-refractivity contribution in [3.8, 4) is 5.75 Å². The first kappa shape index (κ1) is 16.8. The Bertz CT molecular complexity index is 658. The molecule has 1 heterocycles. The van der Waals surface area contributed by atoms with Crippen molar-refractivity contribution in [2.24, 2.45) is 0 Å². The molecular weight excluding hydrogens is 318 g/mol. The summed E-state index contributed by atoms with van der Waals surface area (Å²) in [7, 11) is 0. The van der Waals surface area contributed by atoms with Crippen LogP contribution in [0.25, 0.3) is 0 Å². The second-order valence-electron chi connectivity index (χ2n) is 4.78. The van der Waals surface area contributed by atoms with Gasteiger partial charge in [0, 0.05) is 0 Å². The molecule has 0 radical (unpaired) electrons. The normalized spacial score (nSPS) is 12.0. The van der Waals surface area contributed by atoms with Crippen molar-refractivity contribution in [2.75, 3.05) is 11.6 Å². The van der Waals surface area contributed by atoms with Crippen LogP contribution < -0.4 is 10.1 Å². The molecule has 7 heteroatoms. The second-order valence-corrected chi connectivity index (χ2v) is 6.81. The van der Waals surface area contributed by atoms with Gasteiger partial charge in [-0.3, -0.25) is 10.1 Å². The van der Waals surface area contributed by atoms with E-state index >= 15 is 0 Å². The lowest BCUT2D eigenvalue weighted by Crippen LogP contribution is -2.32. The van der Waals surface area contributed by atoms with E-state index in [4.69, 9.17) is 4.74 Å². The molecule has 0 bridgehead atoms. The maximum Gasteiger partial charge on any atom is 0.267 e. The lowest BCUT2D eigenvalue weighted by atomic mass is 10.1. The Morgan fingerprint density at radius 3 is 2.82 bits per heavy atom. The van der Waals surface area contributed by atoms with Gasteiger partial charge in [0.1, 0.15) is 5.75 Å². The highest BCUT2D eigenvalue weighted by Crippen LogP contribution is 2.25. The largest absolute Gasteiger partial charge is 0.480 e. The molecule has 0 spiro atoms. The van der Waals surface area contributed by atoms with E-state index in [9.17, 15) is 4.79 Å². The molecule has 1 unspecified atom stereocenters. The van der Waals surface area contributed by atoms with Gasteiger partial charge in [-0.1, -0.05) is 42.2 Å². The number of aryl methyl sites for hydroxylation is 1. The zero-order valence-electron chi connectivity index (χ0n) is 13.0. The minimum Gasteiger partial charge on any atom is -0.480 e. The number of anilines is 1. The number of carbonyl (C=O) groups excluding carboxylic acids is 1. The van der Waals surface area contributed by atoms with Crippen molar-refractivity contribution in [3.05, 3.63) is 29.3 Å². The zero-order chi connectivity index (χ0) is 16.1. The van der Waals surface area contributed by atoms with Gasteiger partial charge in [0.15, 0.2) is 10.4 Å². The fourth-order valence-corrected chi connectivity index (χ4v) is 3.03. The first-order chi connectivity index (χ1) is 10.5. The third-order valence-corrected chi connectivity index (χ3v) is 5.11. The van der Waals surface area contributed by atoms with Crippen LogP contribution in [0.5, 0.6) is 5.75 Å².